The fourth-order valence-corrected chi connectivity index (χ4v) is 5.77. The van der Waals surface area contributed by atoms with Gasteiger partial charge in [-0.05, 0) is 67.5 Å². The normalized spacial score (nSPS) is 23.8. The number of amides is 1. The van der Waals surface area contributed by atoms with Crippen LogP contribution in [-0.2, 0) is 0 Å². The summed E-state index contributed by atoms with van der Waals surface area (Å²) in [7, 11) is 0. The Labute approximate surface area is 203 Å². The molecule has 4 heteroatoms. The number of likely N-dealkylation sites (tertiary alicyclic amines) is 2. The number of benzene rings is 3. The lowest BCUT2D eigenvalue weighted by Crippen LogP contribution is -2.43. The largest absolute Gasteiger partial charge is 0.327 e. The molecule has 2 aliphatic heterocycles. The molecule has 4 unspecified atom stereocenters. The lowest BCUT2D eigenvalue weighted by molar-refractivity contribution is 0.0631. The predicted molar refractivity (Wildman–Crippen MR) is 138 cm³/mol. The highest BCUT2D eigenvalue weighted by molar-refractivity contribution is 5.95. The van der Waals surface area contributed by atoms with E-state index in [-0.39, 0.29) is 24.0 Å². The standard InChI is InChI=1S/C30H35N3O/c1-22(31)25-13-8-14-26(19-25)30(34)33-28(15-16-29(33)24-11-6-3-7-12-24)21-32-18-17-27(20-32)23-9-4-2-5-10-23/h2-14,19,22,27-29H,15-18,20-21,31H2,1H3. The third-order valence-electron chi connectivity index (χ3n) is 7.59. The number of carbonyl (C=O) groups excluding carboxylic acids is 1. The van der Waals surface area contributed by atoms with Crippen molar-refractivity contribution in [3.8, 4) is 0 Å². The minimum Gasteiger partial charge on any atom is -0.327 e. The molecule has 0 spiro atoms. The number of nitrogens with two attached hydrogens (primary N) is 1. The van der Waals surface area contributed by atoms with E-state index in [4.69, 9.17) is 5.73 Å². The highest BCUT2D eigenvalue weighted by Gasteiger charge is 2.39. The van der Waals surface area contributed by atoms with Gasteiger partial charge >= 0.3 is 0 Å². The first-order valence-electron chi connectivity index (χ1n) is 12.6. The van der Waals surface area contributed by atoms with E-state index in [0.29, 0.717) is 5.92 Å². The molecular weight excluding hydrogens is 418 g/mol. The van der Waals surface area contributed by atoms with Gasteiger partial charge in [-0.25, -0.2) is 0 Å². The molecule has 2 N–H and O–H groups in total. The minimum atomic E-state index is -0.0911. The third kappa shape index (κ3) is 4.79. The Morgan fingerprint density at radius 2 is 1.62 bits per heavy atom. The molecule has 3 aromatic rings. The Kier molecular flexibility index (Phi) is 6.80. The van der Waals surface area contributed by atoms with Gasteiger partial charge in [0.25, 0.3) is 5.91 Å². The summed E-state index contributed by atoms with van der Waals surface area (Å²) in [6, 6.07) is 29.5. The summed E-state index contributed by atoms with van der Waals surface area (Å²) >= 11 is 0. The number of hydrogen-bond donors (Lipinski definition) is 1. The maximum atomic E-state index is 13.9. The Morgan fingerprint density at radius 1 is 0.912 bits per heavy atom. The molecule has 5 rings (SSSR count). The van der Waals surface area contributed by atoms with E-state index in [2.05, 4.69) is 64.4 Å². The van der Waals surface area contributed by atoms with Crippen LogP contribution >= 0.6 is 0 Å². The Balaban J connectivity index is 1.38. The van der Waals surface area contributed by atoms with Crippen LogP contribution in [0.4, 0.5) is 0 Å². The third-order valence-corrected chi connectivity index (χ3v) is 7.59. The first kappa shape index (κ1) is 22.8. The molecule has 3 aromatic carbocycles. The zero-order valence-electron chi connectivity index (χ0n) is 20.0. The van der Waals surface area contributed by atoms with Crippen molar-refractivity contribution in [2.24, 2.45) is 5.73 Å². The molecule has 34 heavy (non-hydrogen) atoms. The maximum Gasteiger partial charge on any atom is 0.254 e. The number of hydrogen-bond acceptors (Lipinski definition) is 3. The average Bonchev–Trinajstić information content (AvgIpc) is 3.52. The lowest BCUT2D eigenvalue weighted by atomic mass is 9.99. The van der Waals surface area contributed by atoms with Gasteiger partial charge in [0.1, 0.15) is 0 Å². The van der Waals surface area contributed by atoms with Crippen molar-refractivity contribution in [2.45, 2.75) is 50.2 Å². The monoisotopic (exact) mass is 453 g/mol. The van der Waals surface area contributed by atoms with E-state index in [9.17, 15) is 4.79 Å². The molecule has 2 saturated heterocycles. The molecule has 0 radical (unpaired) electrons. The molecule has 0 aromatic heterocycles. The summed E-state index contributed by atoms with van der Waals surface area (Å²) < 4.78 is 0. The van der Waals surface area contributed by atoms with E-state index in [1.165, 1.54) is 17.5 Å². The van der Waals surface area contributed by atoms with Gasteiger partial charge in [-0.2, -0.15) is 0 Å². The molecule has 4 atom stereocenters. The lowest BCUT2D eigenvalue weighted by Gasteiger charge is -2.33. The van der Waals surface area contributed by atoms with Crippen molar-refractivity contribution in [1.29, 1.82) is 0 Å². The van der Waals surface area contributed by atoms with Gasteiger partial charge in [0, 0.05) is 30.7 Å². The van der Waals surface area contributed by atoms with Crippen LogP contribution in [0.25, 0.3) is 0 Å². The second kappa shape index (κ2) is 10.1. The van der Waals surface area contributed by atoms with E-state index >= 15 is 0 Å². The van der Waals surface area contributed by atoms with Crippen LogP contribution in [0, 0.1) is 0 Å². The molecule has 1 amide bonds. The van der Waals surface area contributed by atoms with Crippen LogP contribution < -0.4 is 5.73 Å². The first-order valence-corrected chi connectivity index (χ1v) is 12.6. The van der Waals surface area contributed by atoms with Crippen LogP contribution in [0.3, 0.4) is 0 Å². The quantitative estimate of drug-likeness (QED) is 0.533. The Morgan fingerprint density at radius 3 is 2.32 bits per heavy atom. The summed E-state index contributed by atoms with van der Waals surface area (Å²) in [5, 5.41) is 0. The van der Waals surface area contributed by atoms with Gasteiger partial charge in [0.15, 0.2) is 0 Å². The molecule has 4 nitrogen and oxygen atoms in total. The van der Waals surface area contributed by atoms with Crippen molar-refractivity contribution >= 4 is 5.91 Å². The highest BCUT2D eigenvalue weighted by atomic mass is 16.2. The average molecular weight is 454 g/mol. The fourth-order valence-electron chi connectivity index (χ4n) is 5.77. The smallest absolute Gasteiger partial charge is 0.254 e. The van der Waals surface area contributed by atoms with Crippen molar-refractivity contribution < 1.29 is 4.79 Å². The van der Waals surface area contributed by atoms with Crippen molar-refractivity contribution in [3.63, 3.8) is 0 Å². The first-order chi connectivity index (χ1) is 16.6. The summed E-state index contributed by atoms with van der Waals surface area (Å²) in [6.07, 6.45) is 3.22. The van der Waals surface area contributed by atoms with E-state index in [0.717, 1.165) is 43.6 Å². The zero-order chi connectivity index (χ0) is 23.5. The molecular formula is C30H35N3O. The van der Waals surface area contributed by atoms with Crippen molar-refractivity contribution in [3.05, 3.63) is 107 Å². The van der Waals surface area contributed by atoms with Crippen LogP contribution in [0.1, 0.15) is 71.2 Å². The van der Waals surface area contributed by atoms with E-state index in [1.807, 2.05) is 37.3 Å². The van der Waals surface area contributed by atoms with Gasteiger partial charge in [-0.15, -0.1) is 0 Å². The molecule has 2 heterocycles. The van der Waals surface area contributed by atoms with Crippen LogP contribution in [0.15, 0.2) is 84.9 Å². The molecule has 2 aliphatic rings. The van der Waals surface area contributed by atoms with E-state index < -0.39 is 0 Å². The SMILES string of the molecule is CC(N)c1cccc(C(=O)N2C(CN3CCC(c4ccccc4)C3)CCC2c2ccccc2)c1. The highest BCUT2D eigenvalue weighted by Crippen LogP contribution is 2.39. The molecule has 0 aliphatic carbocycles. The summed E-state index contributed by atoms with van der Waals surface area (Å²) in [6.45, 7) is 5.06. The van der Waals surface area contributed by atoms with Crippen molar-refractivity contribution in [1.82, 2.24) is 9.80 Å². The number of carbonyl (C=O) groups is 1. The minimum absolute atomic E-state index is 0.0911. The molecule has 176 valence electrons. The predicted octanol–water partition coefficient (Wildman–Crippen LogP) is 5.54. The van der Waals surface area contributed by atoms with Gasteiger partial charge in [0.2, 0.25) is 0 Å². The van der Waals surface area contributed by atoms with Crippen LogP contribution in [0.5, 0.6) is 0 Å². The summed E-state index contributed by atoms with van der Waals surface area (Å²) in [5.41, 5.74) is 10.5. The van der Waals surface area contributed by atoms with Gasteiger partial charge in [-0.3, -0.25) is 4.79 Å². The maximum absolute atomic E-state index is 13.9. The molecule has 2 fully saturated rings. The molecule has 0 saturated carbocycles. The van der Waals surface area contributed by atoms with Crippen LogP contribution in [-0.4, -0.2) is 41.4 Å². The van der Waals surface area contributed by atoms with Gasteiger partial charge < -0.3 is 15.5 Å². The van der Waals surface area contributed by atoms with Gasteiger partial charge in [0.05, 0.1) is 6.04 Å². The fraction of sp³-hybridized carbons (Fsp3) is 0.367. The van der Waals surface area contributed by atoms with E-state index in [1.54, 1.807) is 0 Å². The Bertz CT molecular complexity index is 1100. The van der Waals surface area contributed by atoms with Gasteiger partial charge in [-0.1, -0.05) is 72.8 Å². The topological polar surface area (TPSA) is 49.6 Å². The molecule has 0 bridgehead atoms. The Hall–Kier alpha value is -2.95. The second-order valence-corrected chi connectivity index (χ2v) is 9.94. The number of rotatable bonds is 6. The summed E-state index contributed by atoms with van der Waals surface area (Å²) in [4.78, 5) is 18.7. The second-order valence-electron chi connectivity index (χ2n) is 9.94. The zero-order valence-corrected chi connectivity index (χ0v) is 20.0. The summed E-state index contributed by atoms with van der Waals surface area (Å²) in [5.74, 6) is 0.706. The van der Waals surface area contributed by atoms with Crippen LogP contribution in [0.2, 0.25) is 0 Å². The number of nitrogens with zero attached hydrogens (tertiary/aromatic N) is 2. The van der Waals surface area contributed by atoms with Crippen molar-refractivity contribution in [2.75, 3.05) is 19.6 Å².